The molecule has 1 aromatic heterocycles. The largest absolute Gasteiger partial charge is 0.480 e. The quantitative estimate of drug-likeness (QED) is 0.630. The van der Waals surface area contributed by atoms with Crippen molar-refractivity contribution in [1.29, 1.82) is 0 Å². The zero-order valence-electron chi connectivity index (χ0n) is 11.5. The Balaban J connectivity index is 3.27. The van der Waals surface area contributed by atoms with Gasteiger partial charge in [-0.3, -0.25) is 4.85 Å². The SMILES string of the molecule is [C-]#[N+]C(C(=O)OC(C)(C)C)c1c(Cl)cnc(OC)c1Cl. The Labute approximate surface area is 127 Å². The van der Waals surface area contributed by atoms with Crippen molar-refractivity contribution in [3.63, 3.8) is 0 Å². The third-order valence-corrected chi connectivity index (χ3v) is 2.87. The molecule has 108 valence electrons. The second kappa shape index (κ2) is 6.29. The molecule has 0 saturated heterocycles. The number of esters is 1. The summed E-state index contributed by atoms with van der Waals surface area (Å²) in [5, 5.41) is 0.148. The molecular formula is C13H14Cl2N2O3. The Bertz CT molecular complexity index is 562. The molecule has 1 heterocycles. The third kappa shape index (κ3) is 3.75. The molecule has 7 heteroatoms. The van der Waals surface area contributed by atoms with Gasteiger partial charge >= 0.3 is 12.0 Å². The van der Waals surface area contributed by atoms with E-state index in [-0.39, 0.29) is 21.5 Å². The summed E-state index contributed by atoms with van der Waals surface area (Å²) in [5.41, 5.74) is -0.569. The molecule has 0 spiro atoms. The summed E-state index contributed by atoms with van der Waals surface area (Å²) in [6.45, 7) is 12.3. The fourth-order valence-corrected chi connectivity index (χ4v) is 2.07. The number of halogens is 2. The second-order valence-electron chi connectivity index (χ2n) is 4.91. The molecule has 0 amide bonds. The number of hydrogen-bond donors (Lipinski definition) is 0. The molecule has 0 aliphatic rings. The van der Waals surface area contributed by atoms with Crippen molar-refractivity contribution in [2.75, 3.05) is 7.11 Å². The summed E-state index contributed by atoms with van der Waals surface area (Å²) in [4.78, 5) is 19.2. The predicted octanol–water partition coefficient (Wildman–Crippen LogP) is 3.70. The van der Waals surface area contributed by atoms with Crippen LogP contribution in [0.25, 0.3) is 4.85 Å². The van der Waals surface area contributed by atoms with Crippen LogP contribution in [0.3, 0.4) is 0 Å². The number of hydrogen-bond acceptors (Lipinski definition) is 4. The molecule has 1 atom stereocenters. The van der Waals surface area contributed by atoms with Gasteiger partial charge in [0.05, 0.1) is 23.9 Å². The first kappa shape index (κ1) is 16.5. The maximum Gasteiger partial charge on any atom is 0.395 e. The zero-order valence-corrected chi connectivity index (χ0v) is 13.0. The average molecular weight is 317 g/mol. The molecule has 0 aliphatic heterocycles. The van der Waals surface area contributed by atoms with Crippen LogP contribution in [0.5, 0.6) is 5.88 Å². The first-order chi connectivity index (χ1) is 9.21. The van der Waals surface area contributed by atoms with Crippen molar-refractivity contribution < 1.29 is 14.3 Å². The molecule has 1 aromatic rings. The molecular weight excluding hydrogens is 303 g/mol. The van der Waals surface area contributed by atoms with Gasteiger partial charge in [0, 0.05) is 0 Å². The summed E-state index contributed by atoms with van der Waals surface area (Å²) in [5.74, 6) is -0.618. The van der Waals surface area contributed by atoms with Crippen molar-refractivity contribution >= 4 is 29.2 Å². The van der Waals surface area contributed by atoms with Gasteiger partial charge in [0.2, 0.25) is 5.88 Å². The van der Waals surface area contributed by atoms with E-state index in [1.165, 1.54) is 13.3 Å². The molecule has 0 radical (unpaired) electrons. The maximum absolute atomic E-state index is 12.1. The van der Waals surface area contributed by atoms with Gasteiger partial charge < -0.3 is 9.47 Å². The van der Waals surface area contributed by atoms with Crippen LogP contribution in [0, 0.1) is 6.57 Å². The smallest absolute Gasteiger partial charge is 0.395 e. The lowest BCUT2D eigenvalue weighted by Crippen LogP contribution is -2.27. The molecule has 1 rings (SSSR count). The Morgan fingerprint density at radius 3 is 2.50 bits per heavy atom. The molecule has 5 nitrogen and oxygen atoms in total. The highest BCUT2D eigenvalue weighted by molar-refractivity contribution is 6.37. The average Bonchev–Trinajstić information content (AvgIpc) is 2.32. The summed E-state index contributed by atoms with van der Waals surface area (Å²) in [6.07, 6.45) is 1.28. The first-order valence-corrected chi connectivity index (χ1v) is 6.44. The van der Waals surface area contributed by atoms with E-state index in [2.05, 4.69) is 9.83 Å². The van der Waals surface area contributed by atoms with E-state index in [4.69, 9.17) is 39.2 Å². The van der Waals surface area contributed by atoms with Gasteiger partial charge in [-0.2, -0.15) is 0 Å². The highest BCUT2D eigenvalue weighted by atomic mass is 35.5. The molecule has 20 heavy (non-hydrogen) atoms. The van der Waals surface area contributed by atoms with Crippen LogP contribution in [0.1, 0.15) is 32.4 Å². The fraction of sp³-hybridized carbons (Fsp3) is 0.462. The van der Waals surface area contributed by atoms with E-state index in [0.717, 1.165) is 0 Å². The highest BCUT2D eigenvalue weighted by Crippen LogP contribution is 2.38. The zero-order chi connectivity index (χ0) is 15.5. The third-order valence-electron chi connectivity index (χ3n) is 2.20. The van der Waals surface area contributed by atoms with Crippen LogP contribution in [-0.2, 0) is 9.53 Å². The van der Waals surface area contributed by atoms with E-state index in [1.807, 2.05) is 0 Å². The standard InChI is InChI=1S/C13H14Cl2N2O3/c1-13(2,3)20-12(18)10(16-4)8-7(14)6-17-11(19-5)9(8)15/h6,10H,1-3,5H3. The lowest BCUT2D eigenvalue weighted by atomic mass is 10.1. The van der Waals surface area contributed by atoms with Crippen molar-refractivity contribution in [1.82, 2.24) is 4.98 Å². The van der Waals surface area contributed by atoms with Gasteiger partial charge in [0.1, 0.15) is 10.6 Å². The van der Waals surface area contributed by atoms with Crippen molar-refractivity contribution in [2.45, 2.75) is 32.4 Å². The molecule has 0 aliphatic carbocycles. The Morgan fingerprint density at radius 2 is 2.05 bits per heavy atom. The number of carbonyl (C=O) groups excluding carboxylic acids is 1. The Hall–Kier alpha value is -1.51. The topological polar surface area (TPSA) is 52.8 Å². The summed E-state index contributed by atoms with van der Waals surface area (Å²) in [6, 6.07) is -1.26. The van der Waals surface area contributed by atoms with Crippen molar-refractivity contribution in [3.05, 3.63) is 33.2 Å². The number of methoxy groups -OCH3 is 1. The number of carbonyl (C=O) groups is 1. The van der Waals surface area contributed by atoms with Crippen LogP contribution >= 0.6 is 23.2 Å². The lowest BCUT2D eigenvalue weighted by molar-refractivity contribution is -0.155. The maximum atomic E-state index is 12.1. The molecule has 0 aromatic carbocycles. The fourth-order valence-electron chi connectivity index (χ4n) is 1.45. The van der Waals surface area contributed by atoms with Gasteiger partial charge in [0.15, 0.2) is 0 Å². The normalized spacial score (nSPS) is 12.4. The van der Waals surface area contributed by atoms with Crippen molar-refractivity contribution in [3.8, 4) is 5.88 Å². The molecule has 0 saturated carbocycles. The van der Waals surface area contributed by atoms with Gasteiger partial charge in [-0.1, -0.05) is 23.2 Å². The van der Waals surface area contributed by atoms with Crippen LogP contribution in [-0.4, -0.2) is 23.7 Å². The number of aromatic nitrogens is 1. The van der Waals surface area contributed by atoms with Gasteiger partial charge in [-0.15, -0.1) is 0 Å². The van der Waals surface area contributed by atoms with Gasteiger partial charge in [-0.25, -0.2) is 16.4 Å². The Kier molecular flexibility index (Phi) is 5.21. The van der Waals surface area contributed by atoms with Gasteiger partial charge in [0.25, 0.3) is 0 Å². The number of rotatable bonds is 3. The van der Waals surface area contributed by atoms with E-state index < -0.39 is 17.6 Å². The minimum Gasteiger partial charge on any atom is -0.480 e. The Morgan fingerprint density at radius 1 is 1.45 bits per heavy atom. The molecule has 0 N–H and O–H groups in total. The summed E-state index contributed by atoms with van der Waals surface area (Å²) in [7, 11) is 1.38. The minimum absolute atomic E-state index is 0.0341. The van der Waals surface area contributed by atoms with Crippen molar-refractivity contribution in [2.24, 2.45) is 0 Å². The minimum atomic E-state index is -1.26. The molecule has 1 unspecified atom stereocenters. The second-order valence-corrected chi connectivity index (χ2v) is 5.69. The van der Waals surface area contributed by atoms with Gasteiger partial charge in [-0.05, 0) is 20.8 Å². The summed E-state index contributed by atoms with van der Waals surface area (Å²) < 4.78 is 10.2. The lowest BCUT2D eigenvalue weighted by Gasteiger charge is -2.20. The number of ether oxygens (including phenoxy) is 2. The number of pyridine rings is 1. The van der Waals surface area contributed by atoms with E-state index in [9.17, 15) is 4.79 Å². The van der Waals surface area contributed by atoms with E-state index in [0.29, 0.717) is 0 Å². The van der Waals surface area contributed by atoms with Crippen LogP contribution in [0.4, 0.5) is 0 Å². The number of nitrogens with zero attached hydrogens (tertiary/aromatic N) is 2. The first-order valence-electron chi connectivity index (χ1n) is 5.68. The van der Waals surface area contributed by atoms with Crippen LogP contribution in [0.15, 0.2) is 6.20 Å². The van der Waals surface area contributed by atoms with Crippen LogP contribution < -0.4 is 4.74 Å². The van der Waals surface area contributed by atoms with E-state index in [1.54, 1.807) is 20.8 Å². The predicted molar refractivity (Wildman–Crippen MR) is 76.0 cm³/mol. The molecule has 0 bridgehead atoms. The molecule has 0 fully saturated rings. The highest BCUT2D eigenvalue weighted by Gasteiger charge is 2.36. The summed E-state index contributed by atoms with van der Waals surface area (Å²) >= 11 is 12.1. The monoisotopic (exact) mass is 316 g/mol. The van der Waals surface area contributed by atoms with E-state index >= 15 is 0 Å². The van der Waals surface area contributed by atoms with Crippen LogP contribution in [0.2, 0.25) is 10.0 Å².